The highest BCUT2D eigenvalue weighted by Crippen LogP contribution is 2.36. The lowest BCUT2D eigenvalue weighted by molar-refractivity contribution is -0.150. The average molecular weight is 332 g/mol. The number of nitrogens with zero attached hydrogens (tertiary/aromatic N) is 1. The van der Waals surface area contributed by atoms with Crippen LogP contribution in [0.3, 0.4) is 0 Å². The standard InChI is InChI=1S/C17H20N2O3S/c1-8-3-6-11-12(7-8)23-16-13(11)15(20)18-14(19-16)9(2)22-17(21)10-4-5-10/h8-10H,3-7H2,1-2H3,(H,18,19,20)/t8-,9-/m0/s1. The van der Waals surface area contributed by atoms with E-state index in [1.54, 1.807) is 18.3 Å². The number of hydrogen-bond donors (Lipinski definition) is 1. The van der Waals surface area contributed by atoms with E-state index in [0.717, 1.165) is 42.3 Å². The van der Waals surface area contributed by atoms with Crippen LogP contribution in [-0.2, 0) is 22.4 Å². The van der Waals surface area contributed by atoms with Crippen LogP contribution < -0.4 is 5.56 Å². The van der Waals surface area contributed by atoms with Gasteiger partial charge in [0.2, 0.25) is 0 Å². The summed E-state index contributed by atoms with van der Waals surface area (Å²) in [6.45, 7) is 4.01. The Hall–Kier alpha value is -1.69. The van der Waals surface area contributed by atoms with Gasteiger partial charge in [0.25, 0.3) is 5.56 Å². The Balaban J connectivity index is 1.69. The second kappa shape index (κ2) is 5.44. The van der Waals surface area contributed by atoms with E-state index in [0.29, 0.717) is 11.7 Å². The van der Waals surface area contributed by atoms with Gasteiger partial charge in [-0.2, -0.15) is 0 Å². The van der Waals surface area contributed by atoms with Crippen LogP contribution in [0.1, 0.15) is 55.5 Å². The molecular formula is C17H20N2O3S. The fraction of sp³-hybridized carbons (Fsp3) is 0.588. The smallest absolute Gasteiger partial charge is 0.309 e. The van der Waals surface area contributed by atoms with Crippen molar-refractivity contribution in [1.29, 1.82) is 0 Å². The van der Waals surface area contributed by atoms with Crippen molar-refractivity contribution < 1.29 is 9.53 Å². The fourth-order valence-electron chi connectivity index (χ4n) is 3.20. The van der Waals surface area contributed by atoms with Gasteiger partial charge in [-0.15, -0.1) is 11.3 Å². The summed E-state index contributed by atoms with van der Waals surface area (Å²) in [4.78, 5) is 33.8. The van der Waals surface area contributed by atoms with Crippen molar-refractivity contribution in [3.63, 3.8) is 0 Å². The number of ether oxygens (including phenoxy) is 1. The lowest BCUT2D eigenvalue weighted by Gasteiger charge is -2.17. The number of esters is 1. The topological polar surface area (TPSA) is 72.0 Å². The third kappa shape index (κ3) is 2.69. The fourth-order valence-corrected chi connectivity index (χ4v) is 4.59. The Morgan fingerprint density at radius 2 is 2.17 bits per heavy atom. The summed E-state index contributed by atoms with van der Waals surface area (Å²) in [6.07, 6.45) is 4.40. The van der Waals surface area contributed by atoms with Crippen LogP contribution in [0.5, 0.6) is 0 Å². The molecular weight excluding hydrogens is 312 g/mol. The molecule has 2 atom stereocenters. The van der Waals surface area contributed by atoms with Gasteiger partial charge in [0.1, 0.15) is 4.83 Å². The van der Waals surface area contributed by atoms with Gasteiger partial charge in [-0.05, 0) is 50.5 Å². The second-order valence-corrected chi connectivity index (χ2v) is 7.92. The average Bonchev–Trinajstić information content (AvgIpc) is 3.28. The first-order valence-corrected chi connectivity index (χ1v) is 9.09. The molecule has 0 unspecified atom stereocenters. The first kappa shape index (κ1) is 14.9. The predicted molar refractivity (Wildman–Crippen MR) is 88.7 cm³/mol. The Morgan fingerprint density at radius 1 is 1.39 bits per heavy atom. The molecule has 2 aliphatic carbocycles. The van der Waals surface area contributed by atoms with Crippen LogP contribution in [0.4, 0.5) is 0 Å². The molecule has 5 nitrogen and oxygen atoms in total. The Morgan fingerprint density at radius 3 is 2.91 bits per heavy atom. The Labute approximate surface area is 138 Å². The van der Waals surface area contributed by atoms with Crippen LogP contribution in [0.2, 0.25) is 0 Å². The molecule has 0 amide bonds. The molecule has 2 heterocycles. The highest BCUT2D eigenvalue weighted by atomic mass is 32.1. The summed E-state index contributed by atoms with van der Waals surface area (Å²) in [7, 11) is 0. The lowest BCUT2D eigenvalue weighted by Crippen LogP contribution is -2.18. The third-order valence-corrected chi connectivity index (χ3v) is 5.92. The number of nitrogens with one attached hydrogen (secondary N) is 1. The summed E-state index contributed by atoms with van der Waals surface area (Å²) in [5, 5.41) is 0.737. The van der Waals surface area contributed by atoms with Gasteiger partial charge in [-0.3, -0.25) is 9.59 Å². The number of aryl methyl sites for hydroxylation is 1. The maximum Gasteiger partial charge on any atom is 0.309 e. The van der Waals surface area contributed by atoms with Gasteiger partial charge in [-0.1, -0.05) is 6.92 Å². The number of aromatic amines is 1. The van der Waals surface area contributed by atoms with Crippen molar-refractivity contribution in [3.8, 4) is 0 Å². The van der Waals surface area contributed by atoms with Crippen LogP contribution in [0.25, 0.3) is 10.2 Å². The Bertz CT molecular complexity index is 834. The second-order valence-electron chi connectivity index (χ2n) is 6.84. The van der Waals surface area contributed by atoms with Crippen molar-refractivity contribution in [2.45, 2.75) is 52.1 Å². The molecule has 0 spiro atoms. The third-order valence-electron chi connectivity index (χ3n) is 4.77. The van der Waals surface area contributed by atoms with Crippen molar-refractivity contribution in [2.24, 2.45) is 11.8 Å². The van der Waals surface area contributed by atoms with E-state index in [4.69, 9.17) is 4.74 Å². The van der Waals surface area contributed by atoms with Gasteiger partial charge in [0, 0.05) is 4.88 Å². The molecule has 2 aromatic heterocycles. The molecule has 0 bridgehead atoms. The molecule has 0 saturated heterocycles. The zero-order valence-corrected chi connectivity index (χ0v) is 14.2. The molecule has 4 rings (SSSR count). The lowest BCUT2D eigenvalue weighted by atomic mass is 9.89. The number of fused-ring (bicyclic) bond motifs is 3. The summed E-state index contributed by atoms with van der Waals surface area (Å²) < 4.78 is 5.42. The molecule has 122 valence electrons. The minimum absolute atomic E-state index is 0.0449. The molecule has 1 N–H and O–H groups in total. The molecule has 2 aliphatic rings. The van der Waals surface area contributed by atoms with E-state index in [1.165, 1.54) is 10.4 Å². The highest BCUT2D eigenvalue weighted by molar-refractivity contribution is 7.18. The number of rotatable bonds is 3. The minimum Gasteiger partial charge on any atom is -0.454 e. The minimum atomic E-state index is -0.516. The van der Waals surface area contributed by atoms with Gasteiger partial charge < -0.3 is 9.72 Å². The van der Waals surface area contributed by atoms with E-state index in [1.807, 2.05) is 0 Å². The summed E-state index contributed by atoms with van der Waals surface area (Å²) in [5.41, 5.74) is 1.07. The largest absolute Gasteiger partial charge is 0.454 e. The molecule has 0 aromatic carbocycles. The molecule has 1 saturated carbocycles. The number of thiophene rings is 1. The normalized spacial score (nSPS) is 21.9. The summed E-state index contributed by atoms with van der Waals surface area (Å²) in [6, 6.07) is 0. The first-order chi connectivity index (χ1) is 11.0. The molecule has 23 heavy (non-hydrogen) atoms. The van der Waals surface area contributed by atoms with Crippen LogP contribution >= 0.6 is 11.3 Å². The maximum atomic E-state index is 12.5. The van der Waals surface area contributed by atoms with Crippen molar-refractivity contribution in [2.75, 3.05) is 0 Å². The molecule has 0 radical (unpaired) electrons. The van der Waals surface area contributed by atoms with E-state index in [-0.39, 0.29) is 17.4 Å². The number of H-pyrrole nitrogens is 1. The zero-order chi connectivity index (χ0) is 16.1. The molecule has 1 fully saturated rings. The first-order valence-electron chi connectivity index (χ1n) is 8.28. The van der Waals surface area contributed by atoms with E-state index >= 15 is 0 Å². The van der Waals surface area contributed by atoms with Crippen molar-refractivity contribution >= 4 is 27.5 Å². The summed E-state index contributed by atoms with van der Waals surface area (Å²) >= 11 is 1.62. The monoisotopic (exact) mass is 332 g/mol. The SMILES string of the molecule is C[C@H]1CCc2c(sc3nc([C@H](C)OC(=O)C4CC4)[nH]c(=O)c23)C1. The molecule has 0 aliphatic heterocycles. The predicted octanol–water partition coefficient (Wildman–Crippen LogP) is 3.12. The van der Waals surface area contributed by atoms with Gasteiger partial charge in [0.15, 0.2) is 11.9 Å². The number of carbonyl (C=O) groups excluding carboxylic acids is 1. The maximum absolute atomic E-state index is 12.5. The van der Waals surface area contributed by atoms with Gasteiger partial charge in [0.05, 0.1) is 11.3 Å². The van der Waals surface area contributed by atoms with Crippen LogP contribution in [0.15, 0.2) is 4.79 Å². The highest BCUT2D eigenvalue weighted by Gasteiger charge is 2.33. The number of carbonyl (C=O) groups is 1. The Kier molecular flexibility index (Phi) is 3.52. The van der Waals surface area contributed by atoms with Crippen LogP contribution in [-0.4, -0.2) is 15.9 Å². The van der Waals surface area contributed by atoms with E-state index in [9.17, 15) is 9.59 Å². The molecule has 2 aromatic rings. The van der Waals surface area contributed by atoms with E-state index < -0.39 is 6.10 Å². The van der Waals surface area contributed by atoms with Gasteiger partial charge >= 0.3 is 5.97 Å². The van der Waals surface area contributed by atoms with Crippen molar-refractivity contribution in [1.82, 2.24) is 9.97 Å². The summed E-state index contributed by atoms with van der Waals surface area (Å²) in [5.74, 6) is 0.971. The zero-order valence-electron chi connectivity index (χ0n) is 13.3. The molecule has 6 heteroatoms. The van der Waals surface area contributed by atoms with Crippen molar-refractivity contribution in [3.05, 3.63) is 26.6 Å². The number of aromatic nitrogens is 2. The van der Waals surface area contributed by atoms with E-state index in [2.05, 4.69) is 16.9 Å². The van der Waals surface area contributed by atoms with Gasteiger partial charge in [-0.25, -0.2) is 4.98 Å². The quantitative estimate of drug-likeness (QED) is 0.877. The van der Waals surface area contributed by atoms with Crippen LogP contribution in [0, 0.1) is 11.8 Å². The number of hydrogen-bond acceptors (Lipinski definition) is 5.